The van der Waals surface area contributed by atoms with E-state index in [1.165, 1.54) is 6.07 Å². The first-order chi connectivity index (χ1) is 21.6. The van der Waals surface area contributed by atoms with E-state index in [0.29, 0.717) is 11.1 Å². The summed E-state index contributed by atoms with van der Waals surface area (Å²) in [5.74, 6) is -4.15. The molecule has 0 spiro atoms. The van der Waals surface area contributed by atoms with Gasteiger partial charge in [-0.2, -0.15) is 22.7 Å². The number of esters is 1. The smallest absolute Gasteiger partial charge is 0.407 e. The van der Waals surface area contributed by atoms with Crippen molar-refractivity contribution >= 4 is 18.0 Å². The van der Waals surface area contributed by atoms with Crippen molar-refractivity contribution in [1.82, 2.24) is 31.0 Å². The lowest BCUT2D eigenvalue weighted by Crippen LogP contribution is -2.65. The average Bonchev–Trinajstić information content (AvgIpc) is 3.49. The van der Waals surface area contributed by atoms with E-state index in [1.54, 1.807) is 0 Å². The van der Waals surface area contributed by atoms with Gasteiger partial charge in [0.1, 0.15) is 29.8 Å². The molecule has 2 amide bonds. The molecule has 3 atom stereocenters. The Kier molecular flexibility index (Phi) is 12.4. The maximum atomic E-state index is 15.7. The minimum Gasteiger partial charge on any atom is -0.458 e. The van der Waals surface area contributed by atoms with E-state index >= 15 is 8.78 Å². The summed E-state index contributed by atoms with van der Waals surface area (Å²) in [5.41, 5.74) is 2.61. The first kappa shape index (κ1) is 36.6. The van der Waals surface area contributed by atoms with Gasteiger partial charge in [-0.15, -0.1) is 0 Å². The van der Waals surface area contributed by atoms with E-state index in [1.807, 2.05) is 5.32 Å². The number of alkyl carbamates (subject to hydrolysis) is 1. The third-order valence-electron chi connectivity index (χ3n) is 7.53. The van der Waals surface area contributed by atoms with Gasteiger partial charge in [-0.05, 0) is 37.6 Å². The van der Waals surface area contributed by atoms with Gasteiger partial charge in [-0.1, -0.05) is 20.3 Å². The second-order valence-electron chi connectivity index (χ2n) is 11.2. The molecule has 1 fully saturated rings. The Morgan fingerprint density at radius 1 is 1.22 bits per heavy atom. The molecular weight excluding hydrogens is 628 g/mol. The molecule has 12 nitrogen and oxygen atoms in total. The van der Waals surface area contributed by atoms with Crippen LogP contribution in [0.5, 0.6) is 0 Å². The van der Waals surface area contributed by atoms with Crippen molar-refractivity contribution in [1.29, 1.82) is 0 Å². The third kappa shape index (κ3) is 8.88. The number of aromatic nitrogens is 2. The van der Waals surface area contributed by atoms with Crippen molar-refractivity contribution in [3.8, 4) is 11.3 Å². The highest BCUT2D eigenvalue weighted by molar-refractivity contribution is 5.86. The van der Waals surface area contributed by atoms with Gasteiger partial charge in [0.25, 0.3) is 0 Å². The monoisotopic (exact) mass is 665 g/mol. The number of alkyl halides is 4. The van der Waals surface area contributed by atoms with Crippen molar-refractivity contribution in [2.45, 2.75) is 70.4 Å². The standard InChI is InChI=1S/C28H37F6N7O5/c1-27(2)22(38-26(44)45-3)23(42)37-13-16(46-24(43)21(6-4-5-8-35)39-28(27,33)34)12-36-14-17-18(29)10-15(11-19(17)30)20-7-9-41(40-20)25(31)32/h7,9-11,16,21-22,25,36,39H,4-6,8,12-14,35H2,1-3H3,(H,37,42)(H,38,44)/t16-,21-,22?/m0/s1. The van der Waals surface area contributed by atoms with Gasteiger partial charge in [-0.25, -0.2) is 23.6 Å². The number of methoxy groups -OCH3 is 1. The topological polar surface area (TPSA) is 162 Å². The second-order valence-corrected chi connectivity index (χ2v) is 11.2. The van der Waals surface area contributed by atoms with Gasteiger partial charge < -0.3 is 31.2 Å². The van der Waals surface area contributed by atoms with Gasteiger partial charge >= 0.3 is 24.7 Å². The number of carbonyl (C=O) groups excluding carboxylic acids is 3. The van der Waals surface area contributed by atoms with Crippen LogP contribution in [0.3, 0.4) is 0 Å². The number of halogens is 6. The van der Waals surface area contributed by atoms with Crippen LogP contribution < -0.4 is 27.0 Å². The van der Waals surface area contributed by atoms with Gasteiger partial charge in [-0.3, -0.25) is 9.59 Å². The molecule has 0 saturated carbocycles. The Morgan fingerprint density at radius 2 is 1.89 bits per heavy atom. The Hall–Kier alpha value is -3.90. The Balaban J connectivity index is 1.82. The van der Waals surface area contributed by atoms with E-state index in [9.17, 15) is 31.9 Å². The number of nitrogens with one attached hydrogen (secondary N) is 4. The molecule has 6 N–H and O–H groups in total. The summed E-state index contributed by atoms with van der Waals surface area (Å²) >= 11 is 0. The lowest BCUT2D eigenvalue weighted by atomic mass is 9.80. The second kappa shape index (κ2) is 15.6. The third-order valence-corrected chi connectivity index (χ3v) is 7.53. The number of unbranched alkanes of at least 4 members (excludes halogenated alkanes) is 1. The molecule has 1 aromatic carbocycles. The number of nitrogens with two attached hydrogens (primary N) is 1. The first-order valence-electron chi connectivity index (χ1n) is 14.3. The first-order valence-corrected chi connectivity index (χ1v) is 14.3. The van der Waals surface area contributed by atoms with Crippen molar-refractivity contribution in [3.63, 3.8) is 0 Å². The Bertz CT molecular complexity index is 1350. The molecular formula is C28H37F6N7O5. The van der Waals surface area contributed by atoms with E-state index in [4.69, 9.17) is 10.5 Å². The van der Waals surface area contributed by atoms with Crippen LogP contribution in [0.15, 0.2) is 24.4 Å². The van der Waals surface area contributed by atoms with E-state index in [2.05, 4.69) is 25.8 Å². The molecule has 2 heterocycles. The highest BCUT2D eigenvalue weighted by Gasteiger charge is 2.56. The highest BCUT2D eigenvalue weighted by atomic mass is 19.3. The predicted molar refractivity (Wildman–Crippen MR) is 151 cm³/mol. The molecule has 46 heavy (non-hydrogen) atoms. The minimum atomic E-state index is -3.90. The summed E-state index contributed by atoms with van der Waals surface area (Å²) in [7, 11) is 0.990. The molecule has 0 aliphatic carbocycles. The van der Waals surface area contributed by atoms with Gasteiger partial charge in [0, 0.05) is 30.4 Å². The zero-order valence-electron chi connectivity index (χ0n) is 25.3. The fraction of sp³-hybridized carbons (Fsp3) is 0.571. The quantitative estimate of drug-likeness (QED) is 0.105. The van der Waals surface area contributed by atoms with E-state index in [-0.39, 0.29) is 37.2 Å². The summed E-state index contributed by atoms with van der Waals surface area (Å²) in [5, 5.41) is 12.8. The van der Waals surface area contributed by atoms with Gasteiger partial charge in [0.05, 0.1) is 24.8 Å². The van der Waals surface area contributed by atoms with Crippen molar-refractivity contribution in [3.05, 3.63) is 41.6 Å². The van der Waals surface area contributed by atoms with Crippen LogP contribution in [0.2, 0.25) is 0 Å². The molecule has 1 aliphatic rings. The number of rotatable bonds is 11. The fourth-order valence-corrected chi connectivity index (χ4v) is 4.68. The zero-order valence-corrected chi connectivity index (χ0v) is 25.3. The summed E-state index contributed by atoms with van der Waals surface area (Å²) < 4.78 is 97.1. The molecule has 3 rings (SSSR count). The Morgan fingerprint density at radius 3 is 2.48 bits per heavy atom. The number of benzene rings is 1. The largest absolute Gasteiger partial charge is 0.458 e. The van der Waals surface area contributed by atoms with Crippen LogP contribution in [0, 0.1) is 17.0 Å². The number of hydrogen-bond donors (Lipinski definition) is 5. The number of carbonyl (C=O) groups is 3. The molecule has 18 heteroatoms. The molecule has 0 bridgehead atoms. The molecule has 1 saturated heterocycles. The number of hydrogen-bond acceptors (Lipinski definition) is 9. The van der Waals surface area contributed by atoms with E-state index in [0.717, 1.165) is 39.3 Å². The lowest BCUT2D eigenvalue weighted by molar-refractivity contribution is -0.172. The molecule has 256 valence electrons. The molecule has 1 aromatic heterocycles. The summed E-state index contributed by atoms with van der Waals surface area (Å²) in [4.78, 5) is 38.2. The van der Waals surface area contributed by atoms with Gasteiger partial charge in [0.15, 0.2) is 0 Å². The van der Waals surface area contributed by atoms with Crippen LogP contribution in [-0.2, 0) is 25.6 Å². The Labute approximate surface area is 260 Å². The fourth-order valence-electron chi connectivity index (χ4n) is 4.68. The van der Waals surface area contributed by atoms with Crippen LogP contribution >= 0.6 is 0 Å². The van der Waals surface area contributed by atoms with Gasteiger partial charge in [0.2, 0.25) is 5.91 Å². The number of cyclic esters (lactones) is 1. The normalized spacial score (nSPS) is 21.7. The minimum absolute atomic E-state index is 0.0822. The number of amides is 2. The summed E-state index contributed by atoms with van der Waals surface area (Å²) in [6, 6.07) is -4.30. The van der Waals surface area contributed by atoms with Crippen LogP contribution in [0.1, 0.15) is 45.2 Å². The van der Waals surface area contributed by atoms with Crippen LogP contribution in [-0.4, -0.2) is 78.7 Å². The van der Waals surface area contributed by atoms with Crippen molar-refractivity contribution in [2.24, 2.45) is 11.1 Å². The predicted octanol–water partition coefficient (Wildman–Crippen LogP) is 2.79. The molecule has 2 aromatic rings. The number of ether oxygens (including phenoxy) is 2. The zero-order chi connectivity index (χ0) is 34.2. The molecule has 1 unspecified atom stereocenters. The number of nitrogens with zero attached hydrogens (tertiary/aromatic N) is 2. The van der Waals surface area contributed by atoms with Crippen molar-refractivity contribution < 1.29 is 50.2 Å². The molecule has 0 radical (unpaired) electrons. The highest BCUT2D eigenvalue weighted by Crippen LogP contribution is 2.38. The molecule has 1 aliphatic heterocycles. The van der Waals surface area contributed by atoms with Crippen LogP contribution in [0.4, 0.5) is 31.1 Å². The summed E-state index contributed by atoms with van der Waals surface area (Å²) in [6.45, 7) is -1.81. The maximum absolute atomic E-state index is 15.7. The average molecular weight is 666 g/mol. The lowest BCUT2D eigenvalue weighted by Gasteiger charge is -2.40. The summed E-state index contributed by atoms with van der Waals surface area (Å²) in [6.07, 6.45) is -0.811. The van der Waals surface area contributed by atoms with Crippen molar-refractivity contribution in [2.75, 3.05) is 26.7 Å². The van der Waals surface area contributed by atoms with E-state index < -0.39 is 84.5 Å². The SMILES string of the molecule is COC(=O)NC1C(=O)NC[C@H](CNCc2c(F)cc(-c3ccn(C(F)F)n3)cc2F)OC(=O)[C@H](CCCCN)NC(F)(F)C1(C)C. The van der Waals surface area contributed by atoms with Crippen LogP contribution in [0.25, 0.3) is 11.3 Å². The maximum Gasteiger partial charge on any atom is 0.407 e.